The molecule has 1 aromatic heterocycles. The third kappa shape index (κ3) is 2.40. The van der Waals surface area contributed by atoms with Crippen molar-refractivity contribution in [2.45, 2.75) is 6.54 Å². The molecule has 0 bridgehead atoms. The lowest BCUT2D eigenvalue weighted by molar-refractivity contribution is 0.806. The van der Waals surface area contributed by atoms with Crippen molar-refractivity contribution in [2.75, 3.05) is 19.0 Å². The van der Waals surface area contributed by atoms with E-state index in [0.717, 1.165) is 6.54 Å². The van der Waals surface area contributed by atoms with Gasteiger partial charge in [0.25, 0.3) is 0 Å². The van der Waals surface area contributed by atoms with Crippen LogP contribution in [0.2, 0.25) is 0 Å². The first kappa shape index (κ1) is 9.84. The van der Waals surface area contributed by atoms with Gasteiger partial charge in [-0.2, -0.15) is 0 Å². The van der Waals surface area contributed by atoms with Crippen LogP contribution in [-0.2, 0) is 6.54 Å². The van der Waals surface area contributed by atoms with Crippen molar-refractivity contribution in [3.05, 3.63) is 54.4 Å². The molecule has 0 unspecified atom stereocenters. The molecule has 2 rings (SSSR count). The highest BCUT2D eigenvalue weighted by Crippen LogP contribution is 2.14. The molecule has 2 aromatic rings. The monoisotopic (exact) mass is 200 g/mol. The van der Waals surface area contributed by atoms with Gasteiger partial charge in [-0.3, -0.25) is 0 Å². The number of hydrogen-bond acceptors (Lipinski definition) is 1. The fourth-order valence-electron chi connectivity index (χ4n) is 1.62. The maximum Gasteiger partial charge on any atom is 0.0470 e. The van der Waals surface area contributed by atoms with Gasteiger partial charge in [0, 0.05) is 38.7 Å². The first-order chi connectivity index (χ1) is 7.25. The predicted molar refractivity (Wildman–Crippen MR) is 64.3 cm³/mol. The molecule has 1 heterocycles. The summed E-state index contributed by atoms with van der Waals surface area (Å²) in [6, 6.07) is 12.7. The topological polar surface area (TPSA) is 8.17 Å². The van der Waals surface area contributed by atoms with Gasteiger partial charge in [0.15, 0.2) is 0 Å². The first-order valence-corrected chi connectivity index (χ1v) is 5.13. The second-order valence-corrected chi connectivity index (χ2v) is 3.92. The van der Waals surface area contributed by atoms with Crippen molar-refractivity contribution >= 4 is 5.69 Å². The maximum absolute atomic E-state index is 2.22. The fourth-order valence-corrected chi connectivity index (χ4v) is 1.62. The Morgan fingerprint density at radius 2 is 1.80 bits per heavy atom. The van der Waals surface area contributed by atoms with E-state index in [1.807, 2.05) is 0 Å². The van der Waals surface area contributed by atoms with Crippen LogP contribution in [0.1, 0.15) is 5.56 Å². The van der Waals surface area contributed by atoms with Crippen molar-refractivity contribution < 1.29 is 0 Å². The summed E-state index contributed by atoms with van der Waals surface area (Å²) >= 11 is 0. The highest BCUT2D eigenvalue weighted by atomic mass is 15.1. The van der Waals surface area contributed by atoms with Crippen LogP contribution in [0.5, 0.6) is 0 Å². The van der Waals surface area contributed by atoms with Crippen LogP contribution in [0, 0.1) is 0 Å². The normalized spacial score (nSPS) is 10.3. The average Bonchev–Trinajstić information content (AvgIpc) is 2.71. The summed E-state index contributed by atoms with van der Waals surface area (Å²) in [5.74, 6) is 0. The van der Waals surface area contributed by atoms with Crippen molar-refractivity contribution in [1.82, 2.24) is 4.57 Å². The SMILES string of the molecule is CN(C)c1cccc(Cn2cccc2)c1. The second kappa shape index (κ2) is 4.22. The smallest absolute Gasteiger partial charge is 0.0470 e. The van der Waals surface area contributed by atoms with Crippen LogP contribution in [0.3, 0.4) is 0 Å². The minimum Gasteiger partial charge on any atom is -0.378 e. The van der Waals surface area contributed by atoms with Gasteiger partial charge in [-0.15, -0.1) is 0 Å². The molecule has 2 nitrogen and oxygen atoms in total. The number of anilines is 1. The third-order valence-corrected chi connectivity index (χ3v) is 2.46. The van der Waals surface area contributed by atoms with Crippen LogP contribution in [-0.4, -0.2) is 18.7 Å². The van der Waals surface area contributed by atoms with Gasteiger partial charge in [0.2, 0.25) is 0 Å². The summed E-state index contributed by atoms with van der Waals surface area (Å²) in [5.41, 5.74) is 2.58. The Balaban J connectivity index is 2.18. The Morgan fingerprint density at radius 1 is 1.07 bits per heavy atom. The third-order valence-electron chi connectivity index (χ3n) is 2.46. The van der Waals surface area contributed by atoms with Gasteiger partial charge in [0.05, 0.1) is 0 Å². The van der Waals surface area contributed by atoms with Crippen LogP contribution in [0.25, 0.3) is 0 Å². The molecular weight excluding hydrogens is 184 g/mol. The van der Waals surface area contributed by atoms with E-state index in [-0.39, 0.29) is 0 Å². The Morgan fingerprint density at radius 3 is 2.47 bits per heavy atom. The van der Waals surface area contributed by atoms with Crippen LogP contribution in [0.15, 0.2) is 48.8 Å². The highest BCUT2D eigenvalue weighted by molar-refractivity contribution is 5.47. The predicted octanol–water partition coefficient (Wildman–Crippen LogP) is 2.60. The molecule has 0 N–H and O–H groups in total. The number of hydrogen-bond donors (Lipinski definition) is 0. The molecule has 0 saturated carbocycles. The molecule has 0 fully saturated rings. The number of nitrogens with zero attached hydrogens (tertiary/aromatic N) is 2. The van der Waals surface area contributed by atoms with Gasteiger partial charge in [-0.1, -0.05) is 12.1 Å². The van der Waals surface area contributed by atoms with E-state index in [0.29, 0.717) is 0 Å². The van der Waals surface area contributed by atoms with Crippen molar-refractivity contribution in [1.29, 1.82) is 0 Å². The molecule has 0 aliphatic carbocycles. The van der Waals surface area contributed by atoms with E-state index >= 15 is 0 Å². The maximum atomic E-state index is 2.22. The second-order valence-electron chi connectivity index (χ2n) is 3.92. The minimum absolute atomic E-state index is 0.939. The first-order valence-electron chi connectivity index (χ1n) is 5.13. The zero-order chi connectivity index (χ0) is 10.7. The van der Waals surface area contributed by atoms with Crippen LogP contribution in [0.4, 0.5) is 5.69 Å². The average molecular weight is 200 g/mol. The molecule has 0 spiro atoms. The lowest BCUT2D eigenvalue weighted by atomic mass is 10.2. The quantitative estimate of drug-likeness (QED) is 0.739. The van der Waals surface area contributed by atoms with Crippen LogP contribution >= 0.6 is 0 Å². The van der Waals surface area contributed by atoms with Crippen molar-refractivity contribution in [3.63, 3.8) is 0 Å². The molecule has 0 radical (unpaired) electrons. The zero-order valence-electron chi connectivity index (χ0n) is 9.22. The molecule has 0 atom stereocenters. The van der Waals surface area contributed by atoms with Crippen molar-refractivity contribution in [3.8, 4) is 0 Å². The van der Waals surface area contributed by atoms with E-state index in [4.69, 9.17) is 0 Å². The fraction of sp³-hybridized carbons (Fsp3) is 0.231. The van der Waals surface area contributed by atoms with Gasteiger partial charge in [-0.05, 0) is 29.8 Å². The van der Waals surface area contributed by atoms with Gasteiger partial charge < -0.3 is 9.47 Å². The minimum atomic E-state index is 0.939. The molecule has 0 aliphatic rings. The van der Waals surface area contributed by atoms with E-state index in [2.05, 4.69) is 72.4 Å². The summed E-state index contributed by atoms with van der Waals surface area (Å²) in [4.78, 5) is 2.12. The van der Waals surface area contributed by atoms with Crippen molar-refractivity contribution in [2.24, 2.45) is 0 Å². The molecule has 0 aliphatic heterocycles. The largest absolute Gasteiger partial charge is 0.378 e. The summed E-state index contributed by atoms with van der Waals surface area (Å²) in [6.07, 6.45) is 4.17. The Labute approximate surface area is 90.8 Å². The lowest BCUT2D eigenvalue weighted by Gasteiger charge is -2.13. The zero-order valence-corrected chi connectivity index (χ0v) is 9.22. The Hall–Kier alpha value is -1.70. The number of benzene rings is 1. The van der Waals surface area contributed by atoms with E-state index in [1.165, 1.54) is 11.3 Å². The molecular formula is C13H16N2. The molecule has 2 heteroatoms. The summed E-state index contributed by atoms with van der Waals surface area (Å²) in [5, 5.41) is 0. The van der Waals surface area contributed by atoms with Gasteiger partial charge >= 0.3 is 0 Å². The van der Waals surface area contributed by atoms with Crippen LogP contribution < -0.4 is 4.90 Å². The molecule has 0 amide bonds. The van der Waals surface area contributed by atoms with Gasteiger partial charge in [-0.25, -0.2) is 0 Å². The lowest BCUT2D eigenvalue weighted by Crippen LogP contribution is -2.09. The van der Waals surface area contributed by atoms with Gasteiger partial charge in [0.1, 0.15) is 0 Å². The highest BCUT2D eigenvalue weighted by Gasteiger charge is 1.97. The standard InChI is InChI=1S/C13H16N2/c1-14(2)13-7-5-6-12(10-13)11-15-8-3-4-9-15/h3-10H,11H2,1-2H3. The summed E-state index contributed by atoms with van der Waals surface area (Å²) in [7, 11) is 4.13. The molecule has 0 saturated heterocycles. The van der Waals surface area contributed by atoms with E-state index in [1.54, 1.807) is 0 Å². The number of aromatic nitrogens is 1. The summed E-state index contributed by atoms with van der Waals surface area (Å²) in [6.45, 7) is 0.939. The summed E-state index contributed by atoms with van der Waals surface area (Å²) < 4.78 is 2.18. The number of rotatable bonds is 3. The molecule has 15 heavy (non-hydrogen) atoms. The Bertz CT molecular complexity index is 416. The molecule has 1 aromatic carbocycles. The Kier molecular flexibility index (Phi) is 2.77. The van der Waals surface area contributed by atoms with E-state index in [9.17, 15) is 0 Å². The molecule has 78 valence electrons. The van der Waals surface area contributed by atoms with E-state index < -0.39 is 0 Å².